The molecule has 4 N–H and O–H groups in total. The van der Waals surface area contributed by atoms with Crippen LogP contribution in [0, 0.1) is 6.92 Å². The van der Waals surface area contributed by atoms with Gasteiger partial charge in [0.05, 0.1) is 5.56 Å². The van der Waals surface area contributed by atoms with Gasteiger partial charge < -0.3 is 15.9 Å². The molecule has 0 aliphatic carbocycles. The summed E-state index contributed by atoms with van der Waals surface area (Å²) in [5.74, 6) is -1.08. The predicted molar refractivity (Wildman–Crippen MR) is 57.0 cm³/mol. The highest BCUT2D eigenvalue weighted by molar-refractivity contribution is 5.90. The first-order chi connectivity index (χ1) is 6.99. The molecule has 0 fully saturated rings. The summed E-state index contributed by atoms with van der Waals surface area (Å²) >= 11 is 0. The van der Waals surface area contributed by atoms with Crippen LogP contribution in [-0.4, -0.2) is 16.2 Å². The van der Waals surface area contributed by atoms with Gasteiger partial charge in [0.2, 0.25) is 0 Å². The van der Waals surface area contributed by atoms with Gasteiger partial charge in [-0.2, -0.15) is 0 Å². The van der Waals surface area contributed by atoms with E-state index in [1.54, 1.807) is 13.0 Å². The Morgan fingerprint density at radius 1 is 1.53 bits per heavy atom. The summed E-state index contributed by atoms with van der Waals surface area (Å²) in [5.41, 5.74) is 6.82. The lowest BCUT2D eigenvalue weighted by molar-refractivity contribution is 0.0694. The number of hydrogen-bond acceptors (Lipinski definition) is 3. The van der Waals surface area contributed by atoms with E-state index in [2.05, 4.69) is 0 Å². The van der Waals surface area contributed by atoms with Crippen LogP contribution in [0.3, 0.4) is 0 Å². The first-order valence-electron chi connectivity index (χ1n) is 4.80. The molecule has 0 saturated carbocycles. The summed E-state index contributed by atoms with van der Waals surface area (Å²) in [7, 11) is 0. The number of nitrogens with two attached hydrogens (primary N) is 1. The van der Waals surface area contributed by atoms with Crippen LogP contribution in [0.1, 0.15) is 40.9 Å². The predicted octanol–water partition coefficient (Wildman–Crippen LogP) is 1.81. The fourth-order valence-corrected chi connectivity index (χ4v) is 1.48. The summed E-state index contributed by atoms with van der Waals surface area (Å²) in [4.78, 5) is 10.9. The molecule has 4 heteroatoms. The smallest absolute Gasteiger partial charge is 0.336 e. The van der Waals surface area contributed by atoms with E-state index in [9.17, 15) is 9.90 Å². The van der Waals surface area contributed by atoms with Crippen molar-refractivity contribution in [2.24, 2.45) is 5.73 Å². The number of phenolic OH excluding ortho intramolecular Hbond substituents is 1. The minimum Gasteiger partial charge on any atom is -0.507 e. The molecule has 0 aliphatic rings. The highest BCUT2D eigenvalue weighted by Crippen LogP contribution is 2.31. The maximum Gasteiger partial charge on any atom is 0.336 e. The first-order valence-corrected chi connectivity index (χ1v) is 4.80. The van der Waals surface area contributed by atoms with Crippen LogP contribution < -0.4 is 5.73 Å². The quantitative estimate of drug-likeness (QED) is 0.708. The fraction of sp³-hybridized carbons (Fsp3) is 0.364. The summed E-state index contributed by atoms with van der Waals surface area (Å²) in [6.45, 7) is 3.56. The van der Waals surface area contributed by atoms with E-state index >= 15 is 0 Å². The third-order valence-electron chi connectivity index (χ3n) is 2.46. The van der Waals surface area contributed by atoms with Crippen molar-refractivity contribution in [1.82, 2.24) is 0 Å². The van der Waals surface area contributed by atoms with Gasteiger partial charge in [0.15, 0.2) is 0 Å². The van der Waals surface area contributed by atoms with E-state index < -0.39 is 12.0 Å². The van der Waals surface area contributed by atoms with Crippen LogP contribution >= 0.6 is 0 Å². The molecule has 4 nitrogen and oxygen atoms in total. The number of carbonyl (C=O) groups is 1. The molecular formula is C11H15NO3. The lowest BCUT2D eigenvalue weighted by Crippen LogP contribution is -2.14. The number of rotatable bonds is 3. The Morgan fingerprint density at radius 2 is 2.13 bits per heavy atom. The highest BCUT2D eigenvalue weighted by Gasteiger charge is 2.19. The number of phenols is 1. The molecule has 1 aromatic rings. The number of aromatic hydroxyl groups is 1. The highest BCUT2D eigenvalue weighted by atomic mass is 16.4. The molecule has 0 amide bonds. The average molecular weight is 209 g/mol. The molecule has 1 atom stereocenters. The molecule has 82 valence electrons. The number of benzene rings is 1. The molecule has 1 rings (SSSR count). The van der Waals surface area contributed by atoms with E-state index in [0.717, 1.165) is 0 Å². The Hall–Kier alpha value is -1.55. The summed E-state index contributed by atoms with van der Waals surface area (Å²) in [5, 5.41) is 18.7. The van der Waals surface area contributed by atoms with Crippen LogP contribution in [0.4, 0.5) is 0 Å². The van der Waals surface area contributed by atoms with Crippen molar-refractivity contribution in [2.45, 2.75) is 26.3 Å². The van der Waals surface area contributed by atoms with Gasteiger partial charge in [-0.15, -0.1) is 0 Å². The molecule has 0 aromatic heterocycles. The van der Waals surface area contributed by atoms with Crippen molar-refractivity contribution in [3.8, 4) is 5.75 Å². The van der Waals surface area contributed by atoms with Crippen LogP contribution in [0.5, 0.6) is 5.75 Å². The van der Waals surface area contributed by atoms with Crippen LogP contribution in [0.2, 0.25) is 0 Å². The van der Waals surface area contributed by atoms with E-state index in [1.165, 1.54) is 6.07 Å². The van der Waals surface area contributed by atoms with Gasteiger partial charge in [0.25, 0.3) is 0 Å². The molecule has 15 heavy (non-hydrogen) atoms. The van der Waals surface area contributed by atoms with Gasteiger partial charge >= 0.3 is 5.97 Å². The maximum absolute atomic E-state index is 10.9. The van der Waals surface area contributed by atoms with Crippen molar-refractivity contribution in [2.75, 3.05) is 0 Å². The first kappa shape index (κ1) is 11.5. The third kappa shape index (κ3) is 2.10. The lowest BCUT2D eigenvalue weighted by Gasteiger charge is -2.15. The number of carboxylic acids is 1. The second kappa shape index (κ2) is 4.31. The van der Waals surface area contributed by atoms with Crippen molar-refractivity contribution in [3.63, 3.8) is 0 Å². The van der Waals surface area contributed by atoms with Gasteiger partial charge in [-0.3, -0.25) is 0 Å². The summed E-state index contributed by atoms with van der Waals surface area (Å²) in [6, 6.07) is 2.60. The molecule has 1 aromatic carbocycles. The zero-order chi connectivity index (χ0) is 11.6. The lowest BCUT2D eigenvalue weighted by atomic mass is 9.95. The zero-order valence-corrected chi connectivity index (χ0v) is 8.82. The zero-order valence-electron chi connectivity index (χ0n) is 8.82. The molecule has 0 radical (unpaired) electrons. The minimum absolute atomic E-state index is 0.00995. The van der Waals surface area contributed by atoms with Crippen molar-refractivity contribution in [1.29, 1.82) is 0 Å². The Morgan fingerprint density at radius 3 is 2.60 bits per heavy atom. The Bertz CT molecular complexity index is 388. The number of hydrogen-bond donors (Lipinski definition) is 3. The van der Waals surface area contributed by atoms with Crippen molar-refractivity contribution >= 4 is 5.97 Å². The Balaban J connectivity index is 3.41. The average Bonchev–Trinajstić information content (AvgIpc) is 2.20. The molecular weight excluding hydrogens is 194 g/mol. The largest absolute Gasteiger partial charge is 0.507 e. The summed E-state index contributed by atoms with van der Waals surface area (Å²) in [6.07, 6.45) is 0.581. The van der Waals surface area contributed by atoms with Crippen LogP contribution in [-0.2, 0) is 0 Å². The van der Waals surface area contributed by atoms with Gasteiger partial charge in [-0.25, -0.2) is 4.79 Å². The van der Waals surface area contributed by atoms with E-state index in [-0.39, 0.29) is 11.3 Å². The van der Waals surface area contributed by atoms with Crippen molar-refractivity contribution in [3.05, 3.63) is 28.8 Å². The Labute approximate surface area is 88.3 Å². The normalized spacial score (nSPS) is 12.5. The van der Waals surface area contributed by atoms with Crippen LogP contribution in [0.25, 0.3) is 0 Å². The number of carboxylic acid groups (broad SMARTS) is 1. The Kier molecular flexibility index (Phi) is 3.31. The molecule has 0 spiro atoms. The van der Waals surface area contributed by atoms with Crippen molar-refractivity contribution < 1.29 is 15.0 Å². The minimum atomic E-state index is -1.07. The molecule has 0 unspecified atom stereocenters. The van der Waals surface area contributed by atoms with E-state index in [4.69, 9.17) is 10.8 Å². The standard InChI is InChI=1S/C11H15NO3/c1-3-8(12)9-7(11(14)15)5-4-6(2)10(9)13/h4-5,8,13H,3,12H2,1-2H3,(H,14,15)/t8-/m1/s1. The maximum atomic E-state index is 10.9. The molecule has 0 bridgehead atoms. The monoisotopic (exact) mass is 209 g/mol. The molecule has 0 heterocycles. The second-order valence-electron chi connectivity index (χ2n) is 3.51. The summed E-state index contributed by atoms with van der Waals surface area (Å²) < 4.78 is 0. The molecule has 0 saturated heterocycles. The van der Waals surface area contributed by atoms with Gasteiger partial charge in [-0.05, 0) is 25.0 Å². The van der Waals surface area contributed by atoms with Gasteiger partial charge in [0, 0.05) is 11.6 Å². The second-order valence-corrected chi connectivity index (χ2v) is 3.51. The van der Waals surface area contributed by atoms with Gasteiger partial charge in [0.1, 0.15) is 5.75 Å². The van der Waals surface area contributed by atoms with Gasteiger partial charge in [-0.1, -0.05) is 13.0 Å². The van der Waals surface area contributed by atoms with E-state index in [0.29, 0.717) is 17.5 Å². The van der Waals surface area contributed by atoms with Crippen LogP contribution in [0.15, 0.2) is 12.1 Å². The molecule has 0 aliphatic heterocycles. The van der Waals surface area contributed by atoms with E-state index in [1.807, 2.05) is 6.92 Å². The number of aromatic carboxylic acids is 1. The fourth-order valence-electron chi connectivity index (χ4n) is 1.48. The number of aryl methyl sites for hydroxylation is 1. The third-order valence-corrected chi connectivity index (χ3v) is 2.46. The topological polar surface area (TPSA) is 83.6 Å². The SMILES string of the molecule is CC[C@@H](N)c1c(C(=O)O)ccc(C)c1O.